The van der Waals surface area contributed by atoms with Gasteiger partial charge in [-0.15, -0.1) is 11.3 Å². The molecule has 0 aliphatic rings. The van der Waals surface area contributed by atoms with Gasteiger partial charge in [0.25, 0.3) is 0 Å². The molecular formula is C16H17N3S2. The molecule has 0 fully saturated rings. The highest BCUT2D eigenvalue weighted by Crippen LogP contribution is 2.26. The van der Waals surface area contributed by atoms with E-state index >= 15 is 0 Å². The summed E-state index contributed by atoms with van der Waals surface area (Å²) in [7, 11) is 0. The van der Waals surface area contributed by atoms with Gasteiger partial charge in [-0.25, -0.2) is 4.98 Å². The van der Waals surface area contributed by atoms with Crippen LogP contribution in [0, 0.1) is 6.92 Å². The lowest BCUT2D eigenvalue weighted by Gasteiger charge is -2.12. The molecule has 108 valence electrons. The fraction of sp³-hybridized carbons (Fsp3) is 0.188. The Hall–Kier alpha value is -1.72. The monoisotopic (exact) mass is 315 g/mol. The summed E-state index contributed by atoms with van der Waals surface area (Å²) in [6.07, 6.45) is 3.64. The number of nitrogens with one attached hydrogen (secondary N) is 2. The third-order valence-electron chi connectivity index (χ3n) is 3.13. The van der Waals surface area contributed by atoms with Crippen molar-refractivity contribution in [1.29, 1.82) is 0 Å². The number of aromatic amines is 1. The van der Waals surface area contributed by atoms with E-state index in [1.54, 1.807) is 29.3 Å². The van der Waals surface area contributed by atoms with E-state index in [2.05, 4.69) is 57.9 Å². The van der Waals surface area contributed by atoms with Crippen molar-refractivity contribution in [2.75, 3.05) is 5.32 Å². The largest absolute Gasteiger partial charge is 0.380 e. The lowest BCUT2D eigenvalue weighted by atomic mass is 10.1. The Kier molecular flexibility index (Phi) is 4.62. The smallest absolute Gasteiger partial charge is 0.165 e. The normalized spacial score (nSPS) is 10.7. The van der Waals surface area contributed by atoms with E-state index in [0.717, 1.165) is 17.5 Å². The Balaban J connectivity index is 1.70. The summed E-state index contributed by atoms with van der Waals surface area (Å²) in [6, 6.07) is 10.8. The van der Waals surface area contributed by atoms with E-state index in [1.807, 2.05) is 6.20 Å². The fourth-order valence-electron chi connectivity index (χ4n) is 2.09. The number of aromatic nitrogens is 2. The lowest BCUT2D eigenvalue weighted by Crippen LogP contribution is -2.01. The summed E-state index contributed by atoms with van der Waals surface area (Å²) >= 11 is 3.50. The van der Waals surface area contributed by atoms with Crippen LogP contribution in [-0.2, 0) is 12.3 Å². The quantitative estimate of drug-likeness (QED) is 0.649. The number of thioether (sulfide) groups is 1. The Morgan fingerprint density at radius 1 is 1.33 bits per heavy atom. The summed E-state index contributed by atoms with van der Waals surface area (Å²) in [6.45, 7) is 3.00. The molecule has 0 saturated carbocycles. The van der Waals surface area contributed by atoms with E-state index in [-0.39, 0.29) is 0 Å². The van der Waals surface area contributed by atoms with E-state index < -0.39 is 0 Å². The molecule has 1 aromatic carbocycles. The number of imidazole rings is 1. The molecule has 0 radical (unpaired) electrons. The van der Waals surface area contributed by atoms with Gasteiger partial charge in [0.2, 0.25) is 0 Å². The van der Waals surface area contributed by atoms with Gasteiger partial charge in [-0.1, -0.05) is 35.5 Å². The zero-order chi connectivity index (χ0) is 14.5. The highest BCUT2D eigenvalue weighted by molar-refractivity contribution is 7.98. The molecule has 3 rings (SSSR count). The van der Waals surface area contributed by atoms with E-state index in [9.17, 15) is 0 Å². The summed E-state index contributed by atoms with van der Waals surface area (Å²) < 4.78 is 0. The first-order valence-corrected chi connectivity index (χ1v) is 8.66. The Labute approximate surface area is 132 Å². The van der Waals surface area contributed by atoms with E-state index in [1.165, 1.54) is 21.7 Å². The second-order valence-corrected chi connectivity index (χ2v) is 6.77. The number of nitrogens with zero attached hydrogens (tertiary/aromatic N) is 1. The van der Waals surface area contributed by atoms with Gasteiger partial charge in [0, 0.05) is 35.3 Å². The first-order chi connectivity index (χ1) is 10.3. The number of aryl methyl sites for hydroxylation is 1. The maximum absolute atomic E-state index is 4.26. The van der Waals surface area contributed by atoms with Crippen molar-refractivity contribution < 1.29 is 0 Å². The first kappa shape index (κ1) is 14.2. The van der Waals surface area contributed by atoms with Gasteiger partial charge >= 0.3 is 0 Å². The molecule has 0 aliphatic heterocycles. The molecule has 2 aromatic heterocycles. The number of thiophene rings is 1. The minimum absolute atomic E-state index is 0.874. The second-order valence-electron chi connectivity index (χ2n) is 4.78. The summed E-state index contributed by atoms with van der Waals surface area (Å²) in [5.41, 5.74) is 3.80. The Bertz CT molecular complexity index is 676. The zero-order valence-corrected chi connectivity index (χ0v) is 13.4. The molecule has 0 aliphatic carbocycles. The van der Waals surface area contributed by atoms with Crippen LogP contribution >= 0.6 is 23.1 Å². The van der Waals surface area contributed by atoms with Crippen molar-refractivity contribution in [3.05, 3.63) is 64.1 Å². The third-order valence-corrected chi connectivity index (χ3v) is 4.96. The molecule has 0 amide bonds. The predicted molar refractivity (Wildman–Crippen MR) is 91.0 cm³/mol. The zero-order valence-electron chi connectivity index (χ0n) is 11.8. The van der Waals surface area contributed by atoms with E-state index in [0.29, 0.717) is 0 Å². The van der Waals surface area contributed by atoms with Crippen molar-refractivity contribution in [3.8, 4) is 0 Å². The van der Waals surface area contributed by atoms with Crippen molar-refractivity contribution >= 4 is 28.8 Å². The molecule has 0 spiro atoms. The average molecular weight is 315 g/mol. The molecular weight excluding hydrogens is 298 g/mol. The Morgan fingerprint density at radius 2 is 2.29 bits per heavy atom. The van der Waals surface area contributed by atoms with Crippen LogP contribution in [0.3, 0.4) is 0 Å². The van der Waals surface area contributed by atoms with Gasteiger partial charge in [-0.3, -0.25) is 0 Å². The molecule has 21 heavy (non-hydrogen) atoms. The maximum atomic E-state index is 4.26. The van der Waals surface area contributed by atoms with Crippen LogP contribution in [0.15, 0.2) is 53.3 Å². The summed E-state index contributed by atoms with van der Waals surface area (Å²) in [5.74, 6) is 0.905. The minimum atomic E-state index is 0.874. The molecule has 0 bridgehead atoms. The number of rotatable bonds is 6. The van der Waals surface area contributed by atoms with Crippen LogP contribution in [-0.4, -0.2) is 9.97 Å². The molecule has 3 aromatic rings. The topological polar surface area (TPSA) is 40.7 Å². The average Bonchev–Trinajstić information content (AvgIpc) is 3.17. The van der Waals surface area contributed by atoms with Gasteiger partial charge in [0.05, 0.1) is 0 Å². The van der Waals surface area contributed by atoms with Crippen LogP contribution in [0.25, 0.3) is 0 Å². The summed E-state index contributed by atoms with van der Waals surface area (Å²) in [5, 5.41) is 6.61. The Morgan fingerprint density at radius 3 is 3.05 bits per heavy atom. The molecule has 2 N–H and O–H groups in total. The SMILES string of the molecule is Cc1ccc(NCc2cccs2)c(CSc2ncc[nH]2)c1. The van der Waals surface area contributed by atoms with Crippen LogP contribution in [0.5, 0.6) is 0 Å². The maximum Gasteiger partial charge on any atom is 0.165 e. The van der Waals surface area contributed by atoms with Crippen LogP contribution in [0.4, 0.5) is 5.69 Å². The minimum Gasteiger partial charge on any atom is -0.380 e. The lowest BCUT2D eigenvalue weighted by molar-refractivity contribution is 1.06. The highest BCUT2D eigenvalue weighted by Gasteiger charge is 2.05. The number of anilines is 1. The number of H-pyrrole nitrogens is 1. The van der Waals surface area contributed by atoms with Gasteiger partial charge in [0.15, 0.2) is 5.16 Å². The first-order valence-electron chi connectivity index (χ1n) is 6.79. The molecule has 5 heteroatoms. The second kappa shape index (κ2) is 6.83. The van der Waals surface area contributed by atoms with Crippen LogP contribution in [0.2, 0.25) is 0 Å². The third kappa shape index (κ3) is 3.89. The number of hydrogen-bond donors (Lipinski definition) is 2. The van der Waals surface area contributed by atoms with Crippen molar-refractivity contribution in [3.63, 3.8) is 0 Å². The molecule has 0 atom stereocenters. The number of benzene rings is 1. The predicted octanol–water partition coefficient (Wildman–Crippen LogP) is 4.68. The molecule has 0 saturated heterocycles. The van der Waals surface area contributed by atoms with Gasteiger partial charge < -0.3 is 10.3 Å². The van der Waals surface area contributed by atoms with E-state index in [4.69, 9.17) is 0 Å². The number of hydrogen-bond acceptors (Lipinski definition) is 4. The van der Waals surface area contributed by atoms with Crippen LogP contribution < -0.4 is 5.32 Å². The standard InChI is InChI=1S/C16H17N3S2/c1-12-4-5-15(19-10-14-3-2-8-20-14)13(9-12)11-21-16-17-6-7-18-16/h2-9,19H,10-11H2,1H3,(H,17,18). The van der Waals surface area contributed by atoms with Crippen molar-refractivity contribution in [2.24, 2.45) is 0 Å². The molecule has 2 heterocycles. The fourth-order valence-corrected chi connectivity index (χ4v) is 3.55. The van der Waals surface area contributed by atoms with Gasteiger partial charge in [-0.05, 0) is 30.0 Å². The van der Waals surface area contributed by atoms with Crippen LogP contribution in [0.1, 0.15) is 16.0 Å². The highest BCUT2D eigenvalue weighted by atomic mass is 32.2. The van der Waals surface area contributed by atoms with Gasteiger partial charge in [-0.2, -0.15) is 0 Å². The molecule has 0 unspecified atom stereocenters. The summed E-state index contributed by atoms with van der Waals surface area (Å²) in [4.78, 5) is 8.74. The van der Waals surface area contributed by atoms with Crippen molar-refractivity contribution in [1.82, 2.24) is 9.97 Å². The van der Waals surface area contributed by atoms with Gasteiger partial charge in [0.1, 0.15) is 0 Å². The van der Waals surface area contributed by atoms with Crippen molar-refractivity contribution in [2.45, 2.75) is 24.4 Å². The molecule has 3 nitrogen and oxygen atoms in total.